The number of likely N-dealkylation sites (N-methyl/N-ethyl adjacent to an activating group) is 1. The lowest BCUT2D eigenvalue weighted by Gasteiger charge is -2.37. The van der Waals surface area contributed by atoms with Gasteiger partial charge in [-0.3, -0.25) is 0 Å². The number of sulfonamides is 1. The quantitative estimate of drug-likeness (QED) is 0.740. The van der Waals surface area contributed by atoms with Crippen molar-refractivity contribution in [3.8, 4) is 0 Å². The van der Waals surface area contributed by atoms with Crippen molar-refractivity contribution >= 4 is 10.0 Å². The molecule has 118 valence electrons. The second-order valence-corrected chi connectivity index (χ2v) is 7.84. The number of morpholine rings is 1. The Kier molecular flexibility index (Phi) is 5.42. The molecule has 6 nitrogen and oxygen atoms in total. The zero-order valence-corrected chi connectivity index (χ0v) is 13.4. The lowest BCUT2D eigenvalue weighted by atomic mass is 10.0. The summed E-state index contributed by atoms with van der Waals surface area (Å²) in [5.74, 6) is 0.0827. The summed E-state index contributed by atoms with van der Waals surface area (Å²) in [7, 11) is 0.422. The molecule has 0 aromatic carbocycles. The van der Waals surface area contributed by atoms with Crippen LogP contribution in [0, 0.1) is 0 Å². The highest BCUT2D eigenvalue weighted by molar-refractivity contribution is 7.89. The maximum atomic E-state index is 12.6. The largest absolute Gasteiger partial charge is 0.381 e. The fourth-order valence-electron chi connectivity index (χ4n) is 3.03. The Balaban J connectivity index is 1.96. The minimum absolute atomic E-state index is 0.0000187. The van der Waals surface area contributed by atoms with Crippen LogP contribution >= 0.6 is 0 Å². The van der Waals surface area contributed by atoms with E-state index in [9.17, 15) is 8.42 Å². The molecule has 2 rings (SSSR count). The molecule has 0 amide bonds. The Hall–Kier alpha value is -0.210. The summed E-state index contributed by atoms with van der Waals surface area (Å²) < 4.78 is 37.6. The van der Waals surface area contributed by atoms with Gasteiger partial charge in [0.2, 0.25) is 10.0 Å². The molecule has 0 radical (unpaired) electrons. The van der Waals surface area contributed by atoms with Crippen molar-refractivity contribution in [2.75, 3.05) is 46.2 Å². The topological polar surface area (TPSA) is 59.1 Å². The van der Waals surface area contributed by atoms with Crippen LogP contribution in [0.2, 0.25) is 0 Å². The molecule has 7 heteroatoms. The maximum absolute atomic E-state index is 12.6. The van der Waals surface area contributed by atoms with Crippen molar-refractivity contribution < 1.29 is 17.9 Å². The predicted octanol–water partition coefficient (Wildman–Crippen LogP) is 0.146. The van der Waals surface area contributed by atoms with Gasteiger partial charge in [0.25, 0.3) is 0 Å². The first-order chi connectivity index (χ1) is 9.42. The fourth-order valence-corrected chi connectivity index (χ4v) is 4.91. The molecule has 20 heavy (non-hydrogen) atoms. The molecule has 2 heterocycles. The predicted molar refractivity (Wildman–Crippen MR) is 77.2 cm³/mol. The van der Waals surface area contributed by atoms with E-state index in [1.807, 2.05) is 14.0 Å². The molecule has 3 atom stereocenters. The number of hydrogen-bond acceptors (Lipinski definition) is 5. The van der Waals surface area contributed by atoms with E-state index in [-0.39, 0.29) is 24.0 Å². The molecular weight excluding hydrogens is 280 g/mol. The molecule has 2 aliphatic rings. The third-order valence-corrected chi connectivity index (χ3v) is 6.25. The monoisotopic (exact) mass is 306 g/mol. The Morgan fingerprint density at radius 1 is 1.35 bits per heavy atom. The molecular formula is C13H26N2O4S. The summed E-state index contributed by atoms with van der Waals surface area (Å²) >= 11 is 0. The van der Waals surface area contributed by atoms with Crippen molar-refractivity contribution in [3.63, 3.8) is 0 Å². The van der Waals surface area contributed by atoms with E-state index in [0.717, 1.165) is 19.4 Å². The van der Waals surface area contributed by atoms with Crippen LogP contribution in [0.1, 0.15) is 19.8 Å². The molecule has 3 unspecified atom stereocenters. The molecule has 0 spiro atoms. The Morgan fingerprint density at radius 2 is 2.10 bits per heavy atom. The van der Waals surface area contributed by atoms with Crippen LogP contribution < -0.4 is 0 Å². The van der Waals surface area contributed by atoms with Gasteiger partial charge in [-0.15, -0.1) is 0 Å². The Morgan fingerprint density at radius 3 is 2.70 bits per heavy atom. The normalized spacial score (nSPS) is 34.2. The zero-order chi connectivity index (χ0) is 14.8. The van der Waals surface area contributed by atoms with E-state index in [2.05, 4.69) is 4.90 Å². The van der Waals surface area contributed by atoms with Crippen molar-refractivity contribution in [2.24, 2.45) is 0 Å². The van der Waals surface area contributed by atoms with E-state index in [1.165, 1.54) is 0 Å². The molecule has 0 saturated carbocycles. The van der Waals surface area contributed by atoms with Crippen molar-refractivity contribution in [1.29, 1.82) is 0 Å². The second-order valence-electron chi connectivity index (χ2n) is 5.88. The highest BCUT2D eigenvalue weighted by Gasteiger charge is 2.35. The standard InChI is InChI=1S/C13H26N2O4S/c1-11-8-12(18-3)4-5-15(11)20(16,17)10-13-9-14(2)6-7-19-13/h11-13H,4-10H2,1-3H3. The van der Waals surface area contributed by atoms with Gasteiger partial charge in [0.1, 0.15) is 0 Å². The minimum atomic E-state index is -3.26. The van der Waals surface area contributed by atoms with Crippen LogP contribution in [0.3, 0.4) is 0 Å². The van der Waals surface area contributed by atoms with E-state index in [4.69, 9.17) is 9.47 Å². The first kappa shape index (κ1) is 16.2. The average Bonchev–Trinajstić information content (AvgIpc) is 2.37. The molecule has 0 aromatic rings. The highest BCUT2D eigenvalue weighted by Crippen LogP contribution is 2.23. The Bertz CT molecular complexity index is 415. The summed E-state index contributed by atoms with van der Waals surface area (Å²) in [5.41, 5.74) is 0. The summed E-state index contributed by atoms with van der Waals surface area (Å²) in [4.78, 5) is 2.12. The second kappa shape index (κ2) is 6.70. The number of ether oxygens (including phenoxy) is 2. The maximum Gasteiger partial charge on any atom is 0.216 e. The number of nitrogens with zero attached hydrogens (tertiary/aromatic N) is 2. The van der Waals surface area contributed by atoms with Gasteiger partial charge in [0.15, 0.2) is 0 Å². The number of methoxy groups -OCH3 is 1. The van der Waals surface area contributed by atoms with E-state index < -0.39 is 10.0 Å². The smallest absolute Gasteiger partial charge is 0.216 e. The molecule has 0 aromatic heterocycles. The van der Waals surface area contributed by atoms with Gasteiger partial charge in [0.05, 0.1) is 24.6 Å². The minimum Gasteiger partial charge on any atom is -0.381 e. The van der Waals surface area contributed by atoms with Gasteiger partial charge in [-0.05, 0) is 26.8 Å². The molecule has 0 N–H and O–H groups in total. The van der Waals surface area contributed by atoms with E-state index in [0.29, 0.717) is 19.7 Å². The number of piperidine rings is 1. The number of hydrogen-bond donors (Lipinski definition) is 0. The van der Waals surface area contributed by atoms with Gasteiger partial charge in [-0.1, -0.05) is 0 Å². The molecule has 0 aliphatic carbocycles. The first-order valence-electron chi connectivity index (χ1n) is 7.25. The van der Waals surface area contributed by atoms with Crippen LogP contribution in [0.25, 0.3) is 0 Å². The van der Waals surface area contributed by atoms with Crippen LogP contribution in [-0.4, -0.2) is 82.0 Å². The fraction of sp³-hybridized carbons (Fsp3) is 1.00. The van der Waals surface area contributed by atoms with Crippen molar-refractivity contribution in [3.05, 3.63) is 0 Å². The van der Waals surface area contributed by atoms with Crippen molar-refractivity contribution in [2.45, 2.75) is 38.0 Å². The summed E-state index contributed by atoms with van der Waals surface area (Å²) in [6.07, 6.45) is 1.49. The van der Waals surface area contributed by atoms with Crippen LogP contribution in [0.5, 0.6) is 0 Å². The highest BCUT2D eigenvalue weighted by atomic mass is 32.2. The average molecular weight is 306 g/mol. The van der Waals surface area contributed by atoms with Gasteiger partial charge in [-0.25, -0.2) is 8.42 Å². The first-order valence-corrected chi connectivity index (χ1v) is 8.85. The van der Waals surface area contributed by atoms with Gasteiger partial charge in [0, 0.05) is 32.8 Å². The van der Waals surface area contributed by atoms with Crippen LogP contribution in [-0.2, 0) is 19.5 Å². The summed E-state index contributed by atoms with van der Waals surface area (Å²) in [6, 6.07) is 0.0000187. The third-order valence-electron chi connectivity index (χ3n) is 4.20. The van der Waals surface area contributed by atoms with E-state index >= 15 is 0 Å². The van der Waals surface area contributed by atoms with Gasteiger partial charge >= 0.3 is 0 Å². The van der Waals surface area contributed by atoms with Gasteiger partial charge in [-0.2, -0.15) is 4.31 Å². The molecule has 2 aliphatic heterocycles. The zero-order valence-electron chi connectivity index (χ0n) is 12.6. The summed E-state index contributed by atoms with van der Waals surface area (Å²) in [6.45, 7) is 4.66. The lowest BCUT2D eigenvalue weighted by molar-refractivity contribution is -0.00796. The summed E-state index contributed by atoms with van der Waals surface area (Å²) in [5, 5.41) is 0. The van der Waals surface area contributed by atoms with E-state index in [1.54, 1.807) is 11.4 Å². The van der Waals surface area contributed by atoms with Gasteiger partial charge < -0.3 is 14.4 Å². The molecule has 0 bridgehead atoms. The molecule has 2 fully saturated rings. The number of rotatable bonds is 4. The van der Waals surface area contributed by atoms with Crippen molar-refractivity contribution in [1.82, 2.24) is 9.21 Å². The lowest BCUT2D eigenvalue weighted by Crippen LogP contribution is -2.51. The SMILES string of the molecule is COC1CCN(S(=O)(=O)CC2CN(C)CCO2)C(C)C1. The molecule has 2 saturated heterocycles. The van der Waals surface area contributed by atoms with Crippen LogP contribution in [0.4, 0.5) is 0 Å². The van der Waals surface area contributed by atoms with Crippen LogP contribution in [0.15, 0.2) is 0 Å². The Labute approximate surface area is 122 Å². The third kappa shape index (κ3) is 3.92.